The van der Waals surface area contributed by atoms with Crippen molar-refractivity contribution in [1.29, 1.82) is 5.26 Å². The molecule has 0 heterocycles. The van der Waals surface area contributed by atoms with Crippen molar-refractivity contribution >= 4 is 33.6 Å². The number of nitrogens with zero attached hydrogens (tertiary/aromatic N) is 1. The topological polar surface area (TPSA) is 62.1 Å². The van der Waals surface area contributed by atoms with Gasteiger partial charge < -0.3 is 10.1 Å². The maximum atomic E-state index is 13.0. The molecule has 6 heteroatoms. The minimum absolute atomic E-state index is 0.0994. The molecular formula is C24H18BrFN2O2. The van der Waals surface area contributed by atoms with Crippen molar-refractivity contribution in [2.75, 3.05) is 5.32 Å². The zero-order chi connectivity index (χ0) is 21.5. The molecule has 0 unspecified atom stereocenters. The van der Waals surface area contributed by atoms with Gasteiger partial charge in [0, 0.05) is 15.7 Å². The summed E-state index contributed by atoms with van der Waals surface area (Å²) < 4.78 is 19.8. The summed E-state index contributed by atoms with van der Waals surface area (Å²) >= 11 is 3.41. The van der Waals surface area contributed by atoms with Gasteiger partial charge in [0.25, 0.3) is 5.91 Å². The molecule has 0 bridgehead atoms. The van der Waals surface area contributed by atoms with Crippen LogP contribution in [0.3, 0.4) is 0 Å². The van der Waals surface area contributed by atoms with E-state index in [0.717, 1.165) is 15.6 Å². The molecule has 0 fully saturated rings. The van der Waals surface area contributed by atoms with Crippen LogP contribution in [-0.4, -0.2) is 5.91 Å². The SMILES string of the molecule is Cc1ccc(COc2ccc(Br)cc2/C=C(\C#N)C(=O)Nc2ccc(F)cc2)cc1. The molecule has 4 nitrogen and oxygen atoms in total. The molecule has 0 saturated heterocycles. The van der Waals surface area contributed by atoms with Gasteiger partial charge in [0.05, 0.1) is 0 Å². The Morgan fingerprint density at radius 2 is 1.83 bits per heavy atom. The summed E-state index contributed by atoms with van der Waals surface area (Å²) in [5.74, 6) is -0.455. The third-order valence-corrected chi connectivity index (χ3v) is 4.75. The maximum absolute atomic E-state index is 13.0. The van der Waals surface area contributed by atoms with Crippen LogP contribution in [-0.2, 0) is 11.4 Å². The minimum Gasteiger partial charge on any atom is -0.488 e. The number of hydrogen-bond donors (Lipinski definition) is 1. The molecule has 0 atom stereocenters. The standard InChI is InChI=1S/C24H18BrFN2O2/c1-16-2-4-17(5-3-16)15-30-23-11-6-20(25)13-18(23)12-19(14-27)24(29)28-22-9-7-21(26)8-10-22/h2-13H,15H2,1H3,(H,28,29)/b19-12+. The van der Waals surface area contributed by atoms with Crippen LogP contribution in [0.15, 0.2) is 76.8 Å². The molecule has 0 aliphatic carbocycles. The average Bonchev–Trinajstić information content (AvgIpc) is 2.74. The number of nitriles is 1. The number of carbonyl (C=O) groups excluding carboxylic acids is 1. The Balaban J connectivity index is 1.81. The zero-order valence-electron chi connectivity index (χ0n) is 16.2. The summed E-state index contributed by atoms with van der Waals surface area (Å²) in [5, 5.41) is 12.1. The van der Waals surface area contributed by atoms with Gasteiger partial charge in [-0.25, -0.2) is 4.39 Å². The lowest BCUT2D eigenvalue weighted by Gasteiger charge is -2.11. The van der Waals surface area contributed by atoms with Gasteiger partial charge >= 0.3 is 0 Å². The van der Waals surface area contributed by atoms with Crippen LogP contribution in [0.5, 0.6) is 5.75 Å². The van der Waals surface area contributed by atoms with Crippen molar-refractivity contribution in [3.05, 3.63) is 99.3 Å². The molecule has 150 valence electrons. The number of rotatable bonds is 6. The van der Waals surface area contributed by atoms with Crippen LogP contribution in [0, 0.1) is 24.1 Å². The van der Waals surface area contributed by atoms with Crippen LogP contribution >= 0.6 is 15.9 Å². The molecule has 3 rings (SSSR count). The maximum Gasteiger partial charge on any atom is 0.266 e. The smallest absolute Gasteiger partial charge is 0.266 e. The van der Waals surface area contributed by atoms with E-state index in [1.165, 1.54) is 30.3 Å². The lowest BCUT2D eigenvalue weighted by molar-refractivity contribution is -0.112. The first-order valence-electron chi connectivity index (χ1n) is 9.11. The molecule has 1 N–H and O–H groups in total. The Morgan fingerprint density at radius 3 is 2.50 bits per heavy atom. The molecule has 3 aromatic carbocycles. The summed E-state index contributed by atoms with van der Waals surface area (Å²) in [6.07, 6.45) is 1.47. The van der Waals surface area contributed by atoms with Gasteiger partial charge in [-0.3, -0.25) is 4.79 Å². The summed E-state index contributed by atoms with van der Waals surface area (Å²) in [4.78, 5) is 12.5. The van der Waals surface area contributed by atoms with Crippen molar-refractivity contribution in [2.45, 2.75) is 13.5 Å². The van der Waals surface area contributed by atoms with Crippen LogP contribution in [0.2, 0.25) is 0 Å². The van der Waals surface area contributed by atoms with Crippen LogP contribution < -0.4 is 10.1 Å². The number of anilines is 1. The van der Waals surface area contributed by atoms with Gasteiger partial charge in [0.2, 0.25) is 0 Å². The monoisotopic (exact) mass is 464 g/mol. The average molecular weight is 465 g/mol. The predicted molar refractivity (Wildman–Crippen MR) is 118 cm³/mol. The van der Waals surface area contributed by atoms with Gasteiger partial charge in [-0.15, -0.1) is 0 Å². The van der Waals surface area contributed by atoms with E-state index in [1.807, 2.05) is 43.3 Å². The molecule has 0 spiro atoms. The summed E-state index contributed by atoms with van der Waals surface area (Å²) in [6, 6.07) is 20.6. The first-order chi connectivity index (χ1) is 14.4. The fraction of sp³-hybridized carbons (Fsp3) is 0.0833. The van der Waals surface area contributed by atoms with Crippen molar-refractivity contribution in [1.82, 2.24) is 0 Å². The highest BCUT2D eigenvalue weighted by atomic mass is 79.9. The third kappa shape index (κ3) is 5.79. The van der Waals surface area contributed by atoms with E-state index in [4.69, 9.17) is 4.74 Å². The first kappa shape index (κ1) is 21.3. The second-order valence-corrected chi connectivity index (χ2v) is 7.50. The van der Waals surface area contributed by atoms with Crippen molar-refractivity contribution in [3.8, 4) is 11.8 Å². The molecule has 3 aromatic rings. The summed E-state index contributed by atoms with van der Waals surface area (Å²) in [6.45, 7) is 2.37. The largest absolute Gasteiger partial charge is 0.488 e. The molecule has 0 aliphatic heterocycles. The van der Waals surface area contributed by atoms with E-state index in [2.05, 4.69) is 21.2 Å². The van der Waals surface area contributed by atoms with Crippen molar-refractivity contribution in [3.63, 3.8) is 0 Å². The number of hydrogen-bond acceptors (Lipinski definition) is 3. The van der Waals surface area contributed by atoms with E-state index in [9.17, 15) is 14.4 Å². The van der Waals surface area contributed by atoms with Gasteiger partial charge in [-0.1, -0.05) is 45.8 Å². The van der Waals surface area contributed by atoms with Gasteiger partial charge in [-0.05, 0) is 61.0 Å². The second-order valence-electron chi connectivity index (χ2n) is 6.59. The minimum atomic E-state index is -0.589. The highest BCUT2D eigenvalue weighted by Gasteiger charge is 2.12. The van der Waals surface area contributed by atoms with E-state index < -0.39 is 11.7 Å². The Labute approximate surface area is 182 Å². The summed E-state index contributed by atoms with van der Waals surface area (Å²) in [7, 11) is 0. The highest BCUT2D eigenvalue weighted by molar-refractivity contribution is 9.10. The molecule has 1 amide bonds. The van der Waals surface area contributed by atoms with Crippen molar-refractivity contribution in [2.24, 2.45) is 0 Å². The zero-order valence-corrected chi connectivity index (χ0v) is 17.7. The van der Waals surface area contributed by atoms with Gasteiger partial charge in [0.15, 0.2) is 0 Å². The number of nitrogens with one attached hydrogen (secondary N) is 1. The van der Waals surface area contributed by atoms with E-state index in [1.54, 1.807) is 12.1 Å². The quantitative estimate of drug-likeness (QED) is 0.358. The lowest BCUT2D eigenvalue weighted by atomic mass is 10.1. The molecule has 0 aliphatic rings. The number of amides is 1. The summed E-state index contributed by atoms with van der Waals surface area (Å²) in [5.41, 5.74) is 3.05. The molecular weight excluding hydrogens is 447 g/mol. The fourth-order valence-corrected chi connectivity index (χ4v) is 3.02. The number of ether oxygens (including phenoxy) is 1. The van der Waals surface area contributed by atoms with Crippen LogP contribution in [0.4, 0.5) is 10.1 Å². The highest BCUT2D eigenvalue weighted by Crippen LogP contribution is 2.27. The van der Waals surface area contributed by atoms with E-state index in [-0.39, 0.29) is 5.57 Å². The van der Waals surface area contributed by atoms with Gasteiger partial charge in [0.1, 0.15) is 29.8 Å². The number of aryl methyl sites for hydroxylation is 1. The molecule has 0 aromatic heterocycles. The van der Waals surface area contributed by atoms with E-state index >= 15 is 0 Å². The predicted octanol–water partition coefficient (Wildman–Crippen LogP) is 6.02. The molecule has 0 saturated carbocycles. The first-order valence-corrected chi connectivity index (χ1v) is 9.90. The van der Waals surface area contributed by atoms with Crippen LogP contribution in [0.1, 0.15) is 16.7 Å². The normalized spacial score (nSPS) is 10.9. The molecule has 30 heavy (non-hydrogen) atoms. The number of benzene rings is 3. The van der Waals surface area contributed by atoms with Crippen LogP contribution in [0.25, 0.3) is 6.08 Å². The van der Waals surface area contributed by atoms with Gasteiger partial charge in [-0.2, -0.15) is 5.26 Å². The Hall–Kier alpha value is -3.43. The third-order valence-electron chi connectivity index (χ3n) is 4.25. The van der Waals surface area contributed by atoms with Crippen molar-refractivity contribution < 1.29 is 13.9 Å². The lowest BCUT2D eigenvalue weighted by Crippen LogP contribution is -2.13. The second kappa shape index (κ2) is 9.86. The molecule has 0 radical (unpaired) electrons. The fourth-order valence-electron chi connectivity index (χ4n) is 2.64. The Kier molecular flexibility index (Phi) is 6.99. The number of halogens is 2. The van der Waals surface area contributed by atoms with E-state index in [0.29, 0.717) is 23.6 Å². The number of carbonyl (C=O) groups is 1. The Bertz CT molecular complexity index is 1120. The Morgan fingerprint density at radius 1 is 1.13 bits per heavy atom.